The summed E-state index contributed by atoms with van der Waals surface area (Å²) in [5, 5.41) is 3.03. The Morgan fingerprint density at radius 3 is 1.38 bits per heavy atom. The lowest BCUT2D eigenvalue weighted by atomic mass is 10.1. The van der Waals surface area contributed by atoms with Crippen molar-refractivity contribution in [3.63, 3.8) is 0 Å². The van der Waals surface area contributed by atoms with Crippen molar-refractivity contribution in [2.45, 2.75) is 264 Å². The number of phosphoric acid groups is 1. The number of hydrogen-bond acceptors (Lipinski definition) is 6. The van der Waals surface area contributed by atoms with E-state index in [9.17, 15) is 19.0 Å². The van der Waals surface area contributed by atoms with Gasteiger partial charge in [-0.25, -0.2) is 4.57 Å². The Kier molecular flexibility index (Phi) is 47.7. The summed E-state index contributed by atoms with van der Waals surface area (Å²) in [6, 6.07) is -0.861. The molecule has 9 nitrogen and oxygen atoms in total. The largest absolute Gasteiger partial charge is 0.472 e. The van der Waals surface area contributed by atoms with Crippen LogP contribution in [-0.2, 0) is 27.9 Å². The molecule has 69 heavy (non-hydrogen) atoms. The average Bonchev–Trinajstić information content (AvgIpc) is 3.31. The second-order valence-electron chi connectivity index (χ2n) is 20.5. The fourth-order valence-electron chi connectivity index (χ4n) is 7.94. The van der Waals surface area contributed by atoms with Gasteiger partial charge in [-0.2, -0.15) is 0 Å². The highest BCUT2D eigenvalue weighted by molar-refractivity contribution is 7.47. The Morgan fingerprint density at radius 1 is 0.507 bits per heavy atom. The van der Waals surface area contributed by atoms with Gasteiger partial charge < -0.3 is 19.4 Å². The molecule has 0 heterocycles. The summed E-state index contributed by atoms with van der Waals surface area (Å²) in [6.07, 6.45) is 60.6. The van der Waals surface area contributed by atoms with Crippen LogP contribution in [0.25, 0.3) is 0 Å². The van der Waals surface area contributed by atoms with Gasteiger partial charge in [0.15, 0.2) is 0 Å². The molecule has 1 amide bonds. The van der Waals surface area contributed by atoms with Crippen molar-refractivity contribution in [1.29, 1.82) is 0 Å². The fraction of sp³-hybridized carbons (Fsp3) is 0.797. The van der Waals surface area contributed by atoms with Gasteiger partial charge >= 0.3 is 13.8 Å². The molecule has 3 atom stereocenters. The zero-order valence-electron chi connectivity index (χ0n) is 45.8. The van der Waals surface area contributed by atoms with Gasteiger partial charge in [-0.05, 0) is 96.0 Å². The molecule has 10 heteroatoms. The van der Waals surface area contributed by atoms with Gasteiger partial charge in [0.05, 0.1) is 33.8 Å². The molecule has 0 fully saturated rings. The summed E-state index contributed by atoms with van der Waals surface area (Å²) in [5.74, 6) is -0.535. The van der Waals surface area contributed by atoms with E-state index >= 15 is 0 Å². The number of nitrogens with zero attached hydrogens (tertiary/aromatic N) is 1. The van der Waals surface area contributed by atoms with E-state index < -0.39 is 20.0 Å². The zero-order chi connectivity index (χ0) is 50.8. The number of nitrogens with one attached hydrogen (secondary N) is 1. The van der Waals surface area contributed by atoms with Gasteiger partial charge in [0, 0.05) is 12.8 Å². The first-order valence-corrected chi connectivity index (χ1v) is 30.1. The van der Waals surface area contributed by atoms with E-state index in [0.29, 0.717) is 17.4 Å². The van der Waals surface area contributed by atoms with Crippen LogP contribution in [0.3, 0.4) is 0 Å². The maximum absolute atomic E-state index is 13.5. The third-order valence-electron chi connectivity index (χ3n) is 12.4. The van der Waals surface area contributed by atoms with E-state index in [0.717, 1.165) is 96.3 Å². The third-order valence-corrected chi connectivity index (χ3v) is 13.4. The molecule has 0 rings (SSSR count). The van der Waals surface area contributed by atoms with Crippen molar-refractivity contribution in [2.75, 3.05) is 40.9 Å². The van der Waals surface area contributed by atoms with Crippen LogP contribution in [0.1, 0.15) is 252 Å². The molecule has 3 unspecified atom stereocenters. The minimum atomic E-state index is -4.45. The molecule has 402 valence electrons. The molecular weight excluding hydrogens is 880 g/mol. The van der Waals surface area contributed by atoms with E-state index in [4.69, 9.17) is 13.8 Å². The van der Waals surface area contributed by atoms with Crippen LogP contribution >= 0.6 is 7.82 Å². The second kappa shape index (κ2) is 49.3. The SMILES string of the molecule is CCCCC/C=C\C/C=C\C/C=C\CCCCCCC(=O)NC(COP(=O)(O)OCC[N+](C)(C)C)C(/C=C/CCCCCCCCCCC)OC(=O)CCCCCCCCC/C=C\CCCCCC. The Hall–Kier alpha value is -2.29. The minimum Gasteiger partial charge on any atom is -0.456 e. The molecular formula is C59H110N2O7P+. The van der Waals surface area contributed by atoms with Crippen LogP contribution in [0, 0.1) is 0 Å². The Labute approximate surface area is 426 Å². The molecule has 0 aliphatic rings. The highest BCUT2D eigenvalue weighted by atomic mass is 31.2. The maximum Gasteiger partial charge on any atom is 0.472 e. The predicted molar refractivity (Wildman–Crippen MR) is 295 cm³/mol. The van der Waals surface area contributed by atoms with Gasteiger partial charge in [0.1, 0.15) is 19.3 Å². The predicted octanol–water partition coefficient (Wildman–Crippen LogP) is 17.1. The fourth-order valence-corrected chi connectivity index (χ4v) is 8.68. The molecule has 0 aromatic heterocycles. The van der Waals surface area contributed by atoms with Crippen molar-refractivity contribution in [3.8, 4) is 0 Å². The van der Waals surface area contributed by atoms with Gasteiger partial charge in [-0.1, -0.05) is 204 Å². The van der Waals surface area contributed by atoms with Gasteiger partial charge in [-0.15, -0.1) is 0 Å². The molecule has 0 aromatic rings. The monoisotopic (exact) mass is 990 g/mol. The van der Waals surface area contributed by atoms with Gasteiger partial charge in [0.25, 0.3) is 0 Å². The molecule has 0 radical (unpaired) electrons. The molecule has 0 saturated carbocycles. The first-order valence-electron chi connectivity index (χ1n) is 28.6. The number of unbranched alkanes of at least 4 members (excludes halogenated alkanes) is 27. The van der Waals surface area contributed by atoms with Crippen LogP contribution in [0.5, 0.6) is 0 Å². The Morgan fingerprint density at radius 2 is 0.884 bits per heavy atom. The molecule has 0 spiro atoms. The normalized spacial score (nSPS) is 14.2. The van der Waals surface area contributed by atoms with Crippen molar-refractivity contribution >= 4 is 19.7 Å². The van der Waals surface area contributed by atoms with Gasteiger partial charge in [-0.3, -0.25) is 18.6 Å². The number of likely N-dealkylation sites (N-methyl/N-ethyl adjacent to an activating group) is 1. The summed E-state index contributed by atoms with van der Waals surface area (Å²) in [5.41, 5.74) is 0. The molecule has 0 aliphatic heterocycles. The van der Waals surface area contributed by atoms with E-state index in [-0.39, 0.29) is 31.5 Å². The van der Waals surface area contributed by atoms with Crippen molar-refractivity contribution in [1.82, 2.24) is 5.32 Å². The van der Waals surface area contributed by atoms with Crippen LogP contribution in [0.2, 0.25) is 0 Å². The number of ether oxygens (including phenoxy) is 1. The van der Waals surface area contributed by atoms with Crippen LogP contribution in [0.15, 0.2) is 60.8 Å². The van der Waals surface area contributed by atoms with E-state index in [1.165, 1.54) is 122 Å². The lowest BCUT2D eigenvalue weighted by molar-refractivity contribution is -0.870. The van der Waals surface area contributed by atoms with Crippen molar-refractivity contribution in [3.05, 3.63) is 60.8 Å². The minimum absolute atomic E-state index is 0.0337. The van der Waals surface area contributed by atoms with E-state index in [1.807, 2.05) is 33.3 Å². The number of allylic oxidation sites excluding steroid dienone is 9. The number of hydrogen-bond donors (Lipinski definition) is 2. The molecule has 0 aromatic carbocycles. The highest BCUT2D eigenvalue weighted by Gasteiger charge is 2.30. The summed E-state index contributed by atoms with van der Waals surface area (Å²) < 4.78 is 30.6. The first-order chi connectivity index (χ1) is 33.4. The molecule has 0 bridgehead atoms. The summed E-state index contributed by atoms with van der Waals surface area (Å²) in [7, 11) is 1.47. The number of rotatable bonds is 51. The van der Waals surface area contributed by atoms with Crippen molar-refractivity contribution < 1.29 is 37.3 Å². The summed E-state index contributed by atoms with van der Waals surface area (Å²) in [6.45, 7) is 6.94. The van der Waals surface area contributed by atoms with Crippen LogP contribution in [-0.4, -0.2) is 74.3 Å². The second-order valence-corrected chi connectivity index (χ2v) is 21.9. The van der Waals surface area contributed by atoms with Crippen molar-refractivity contribution in [2.24, 2.45) is 0 Å². The summed E-state index contributed by atoms with van der Waals surface area (Å²) in [4.78, 5) is 37.5. The number of carbonyl (C=O) groups excluding carboxylic acids is 2. The standard InChI is InChI=1S/C59H109N2O7P/c1-7-10-13-16-19-22-25-27-29-30-32-33-36-39-42-45-48-51-58(62)60-56(55-67-69(64,65)66-54-53-61(4,5)6)57(50-47-44-41-38-35-24-21-18-15-12-9-3)68-59(63)52-49-46-43-40-37-34-31-28-26-23-20-17-14-11-8-2/h19,22-23,26-27,29,32-33,47,50,56-57H,7-18,20-21,24-25,28,30-31,34-46,48-49,51-55H2,1-6H3,(H-,60,62,64,65)/p+1/b22-19-,26-23-,29-27-,33-32-,50-47+. The maximum atomic E-state index is 13.5. The van der Waals surface area contributed by atoms with E-state index in [1.54, 1.807) is 0 Å². The van der Waals surface area contributed by atoms with E-state index in [2.05, 4.69) is 74.7 Å². The molecule has 0 saturated heterocycles. The van der Waals surface area contributed by atoms with Crippen LogP contribution in [0.4, 0.5) is 0 Å². The number of phosphoric ester groups is 1. The average molecular weight is 991 g/mol. The number of amides is 1. The van der Waals surface area contributed by atoms with Gasteiger partial charge in [0.2, 0.25) is 5.91 Å². The zero-order valence-corrected chi connectivity index (χ0v) is 46.7. The number of quaternary nitrogens is 1. The lowest BCUT2D eigenvalue weighted by Gasteiger charge is -2.27. The topological polar surface area (TPSA) is 111 Å². The Bertz CT molecular complexity index is 1370. The highest BCUT2D eigenvalue weighted by Crippen LogP contribution is 2.43. The smallest absolute Gasteiger partial charge is 0.456 e. The quantitative estimate of drug-likeness (QED) is 0.0205. The Balaban J connectivity index is 5.37. The summed E-state index contributed by atoms with van der Waals surface area (Å²) >= 11 is 0. The number of esters is 1. The lowest BCUT2D eigenvalue weighted by Crippen LogP contribution is -2.47. The first kappa shape index (κ1) is 66.7. The third kappa shape index (κ3) is 50.4. The molecule has 2 N–H and O–H groups in total. The number of carbonyl (C=O) groups is 2. The van der Waals surface area contributed by atoms with Crippen LogP contribution < -0.4 is 5.32 Å². The molecule has 0 aliphatic carbocycles.